The Hall–Kier alpha value is -2.07. The molecular formula is C17H23N3O. The van der Waals surface area contributed by atoms with E-state index < -0.39 is 0 Å². The number of carbonyl (C=O) groups is 1. The fraction of sp³-hybridized carbons (Fsp3) is 0.353. The van der Waals surface area contributed by atoms with E-state index in [0.717, 1.165) is 25.9 Å². The lowest BCUT2D eigenvalue weighted by molar-refractivity contribution is -0.121. The highest BCUT2D eigenvalue weighted by Gasteiger charge is 2.08. The number of hydrazine groups is 1. The number of amides is 1. The predicted molar refractivity (Wildman–Crippen MR) is 88.0 cm³/mol. The van der Waals surface area contributed by atoms with Crippen LogP contribution in [-0.2, 0) is 4.79 Å². The second-order valence-corrected chi connectivity index (χ2v) is 5.10. The van der Waals surface area contributed by atoms with Crippen LogP contribution in [0.4, 0.5) is 5.69 Å². The lowest BCUT2D eigenvalue weighted by atomic mass is 10.1. The molecule has 0 saturated heterocycles. The number of rotatable bonds is 7. The van der Waals surface area contributed by atoms with Gasteiger partial charge < -0.3 is 4.90 Å². The van der Waals surface area contributed by atoms with E-state index in [4.69, 9.17) is 5.84 Å². The van der Waals surface area contributed by atoms with Gasteiger partial charge in [-0.1, -0.05) is 36.4 Å². The van der Waals surface area contributed by atoms with E-state index in [1.54, 1.807) is 0 Å². The van der Waals surface area contributed by atoms with Crippen LogP contribution in [0.25, 0.3) is 10.8 Å². The van der Waals surface area contributed by atoms with Gasteiger partial charge in [0.15, 0.2) is 0 Å². The van der Waals surface area contributed by atoms with E-state index in [-0.39, 0.29) is 5.91 Å². The molecule has 0 aliphatic carbocycles. The number of nitrogens with one attached hydrogen (secondary N) is 1. The molecule has 0 aromatic heterocycles. The van der Waals surface area contributed by atoms with Crippen molar-refractivity contribution in [1.82, 2.24) is 5.43 Å². The fourth-order valence-electron chi connectivity index (χ4n) is 2.59. The van der Waals surface area contributed by atoms with E-state index >= 15 is 0 Å². The highest BCUT2D eigenvalue weighted by atomic mass is 16.2. The van der Waals surface area contributed by atoms with E-state index in [1.807, 2.05) is 0 Å². The average Bonchev–Trinajstić information content (AvgIpc) is 2.54. The maximum absolute atomic E-state index is 11.1. The second-order valence-electron chi connectivity index (χ2n) is 5.10. The van der Waals surface area contributed by atoms with Crippen molar-refractivity contribution in [3.05, 3.63) is 42.5 Å². The zero-order valence-electron chi connectivity index (χ0n) is 12.5. The van der Waals surface area contributed by atoms with Crippen molar-refractivity contribution in [3.8, 4) is 0 Å². The Balaban J connectivity index is 2.04. The molecule has 0 bridgehead atoms. The van der Waals surface area contributed by atoms with E-state index in [2.05, 4.69) is 59.7 Å². The molecule has 3 N–H and O–H groups in total. The van der Waals surface area contributed by atoms with Crippen molar-refractivity contribution in [1.29, 1.82) is 0 Å². The number of hydrogen-bond donors (Lipinski definition) is 2. The Labute approximate surface area is 125 Å². The average molecular weight is 285 g/mol. The van der Waals surface area contributed by atoms with Gasteiger partial charge in [-0.25, -0.2) is 5.84 Å². The molecule has 4 nitrogen and oxygen atoms in total. The minimum atomic E-state index is -0.0943. The first-order chi connectivity index (χ1) is 10.3. The third-order valence-electron chi connectivity index (χ3n) is 3.73. The monoisotopic (exact) mass is 285 g/mol. The zero-order chi connectivity index (χ0) is 15.1. The smallest absolute Gasteiger partial charge is 0.233 e. The Morgan fingerprint density at radius 1 is 1.14 bits per heavy atom. The highest BCUT2D eigenvalue weighted by molar-refractivity contribution is 5.94. The summed E-state index contributed by atoms with van der Waals surface area (Å²) in [5.74, 6) is 4.99. The Morgan fingerprint density at radius 2 is 1.90 bits per heavy atom. The van der Waals surface area contributed by atoms with Crippen molar-refractivity contribution in [3.63, 3.8) is 0 Å². The molecule has 2 aromatic carbocycles. The third kappa shape index (κ3) is 3.95. The molecule has 0 atom stereocenters. The Kier molecular flexibility index (Phi) is 5.58. The number of carbonyl (C=O) groups excluding carboxylic acids is 1. The maximum Gasteiger partial charge on any atom is 0.233 e. The molecule has 0 radical (unpaired) electrons. The van der Waals surface area contributed by atoms with Gasteiger partial charge in [-0.3, -0.25) is 10.2 Å². The van der Waals surface area contributed by atoms with Gasteiger partial charge in [0.2, 0.25) is 5.91 Å². The molecule has 2 rings (SSSR count). The van der Waals surface area contributed by atoms with Crippen molar-refractivity contribution in [2.24, 2.45) is 5.84 Å². The summed E-state index contributed by atoms with van der Waals surface area (Å²) >= 11 is 0. The first kappa shape index (κ1) is 15.3. The first-order valence-electron chi connectivity index (χ1n) is 7.48. The zero-order valence-corrected chi connectivity index (χ0v) is 12.5. The summed E-state index contributed by atoms with van der Waals surface area (Å²) in [5, 5.41) is 2.54. The van der Waals surface area contributed by atoms with Gasteiger partial charge in [-0.2, -0.15) is 0 Å². The molecule has 1 amide bonds. The van der Waals surface area contributed by atoms with Gasteiger partial charge in [-0.15, -0.1) is 0 Å². The second kappa shape index (κ2) is 7.64. The predicted octanol–water partition coefficient (Wildman–Crippen LogP) is 2.83. The SMILES string of the molecule is CCN(CCCCC(=O)NN)c1cccc2ccccc12. The molecule has 0 unspecified atom stereocenters. The molecule has 0 heterocycles. The minimum Gasteiger partial charge on any atom is -0.371 e. The van der Waals surface area contributed by atoms with Crippen LogP contribution >= 0.6 is 0 Å². The van der Waals surface area contributed by atoms with Crippen LogP contribution in [0.15, 0.2) is 42.5 Å². The third-order valence-corrected chi connectivity index (χ3v) is 3.73. The lowest BCUT2D eigenvalue weighted by Gasteiger charge is -2.24. The van der Waals surface area contributed by atoms with Gasteiger partial charge in [-0.05, 0) is 31.2 Å². The Bertz CT molecular complexity index is 592. The van der Waals surface area contributed by atoms with E-state index in [1.165, 1.54) is 16.5 Å². The highest BCUT2D eigenvalue weighted by Crippen LogP contribution is 2.26. The summed E-state index contributed by atoms with van der Waals surface area (Å²) in [4.78, 5) is 13.5. The number of benzene rings is 2. The number of anilines is 1. The van der Waals surface area contributed by atoms with Crippen LogP contribution in [0.5, 0.6) is 0 Å². The number of nitrogens with zero attached hydrogens (tertiary/aromatic N) is 1. The van der Waals surface area contributed by atoms with Gasteiger partial charge in [0.1, 0.15) is 0 Å². The van der Waals surface area contributed by atoms with Crippen LogP contribution in [-0.4, -0.2) is 19.0 Å². The number of unbranched alkanes of at least 4 members (excludes halogenated alkanes) is 1. The summed E-state index contributed by atoms with van der Waals surface area (Å²) < 4.78 is 0. The summed E-state index contributed by atoms with van der Waals surface area (Å²) in [7, 11) is 0. The largest absolute Gasteiger partial charge is 0.371 e. The quantitative estimate of drug-likeness (QED) is 0.356. The van der Waals surface area contributed by atoms with Gasteiger partial charge in [0.25, 0.3) is 0 Å². The van der Waals surface area contributed by atoms with Gasteiger partial charge in [0.05, 0.1) is 0 Å². The summed E-state index contributed by atoms with van der Waals surface area (Å²) in [6.45, 7) is 4.06. The molecule has 21 heavy (non-hydrogen) atoms. The summed E-state index contributed by atoms with van der Waals surface area (Å²) in [6, 6.07) is 14.8. The van der Waals surface area contributed by atoms with Crippen molar-refractivity contribution >= 4 is 22.4 Å². The molecule has 0 spiro atoms. The molecule has 0 aliphatic rings. The molecule has 112 valence electrons. The fourth-order valence-corrected chi connectivity index (χ4v) is 2.59. The minimum absolute atomic E-state index is 0.0943. The van der Waals surface area contributed by atoms with E-state index in [0.29, 0.717) is 6.42 Å². The molecule has 0 aliphatic heterocycles. The van der Waals surface area contributed by atoms with Crippen molar-refractivity contribution in [2.45, 2.75) is 26.2 Å². The summed E-state index contributed by atoms with van der Waals surface area (Å²) in [5.41, 5.74) is 3.43. The van der Waals surface area contributed by atoms with Crippen molar-refractivity contribution in [2.75, 3.05) is 18.0 Å². The van der Waals surface area contributed by atoms with Crippen molar-refractivity contribution < 1.29 is 4.79 Å². The maximum atomic E-state index is 11.1. The van der Waals surface area contributed by atoms with Crippen LogP contribution in [0.3, 0.4) is 0 Å². The molecule has 0 fully saturated rings. The standard InChI is InChI=1S/C17H23N3O/c1-2-20(13-6-5-12-17(21)19-18)16-11-7-9-14-8-3-4-10-15(14)16/h3-4,7-11H,2,5-6,12-13,18H2,1H3,(H,19,21). The van der Waals surface area contributed by atoms with Gasteiger partial charge >= 0.3 is 0 Å². The number of hydrogen-bond acceptors (Lipinski definition) is 3. The normalized spacial score (nSPS) is 10.6. The van der Waals surface area contributed by atoms with Crippen LogP contribution in [0, 0.1) is 0 Å². The lowest BCUT2D eigenvalue weighted by Crippen LogP contribution is -2.30. The van der Waals surface area contributed by atoms with Crippen LogP contribution in [0.1, 0.15) is 26.2 Å². The topological polar surface area (TPSA) is 58.4 Å². The van der Waals surface area contributed by atoms with Gasteiger partial charge in [0, 0.05) is 30.6 Å². The molecule has 0 saturated carbocycles. The van der Waals surface area contributed by atoms with Crippen LogP contribution < -0.4 is 16.2 Å². The number of fused-ring (bicyclic) bond motifs is 1. The molecular weight excluding hydrogens is 262 g/mol. The summed E-state index contributed by atoms with van der Waals surface area (Å²) in [6.07, 6.45) is 2.32. The van der Waals surface area contributed by atoms with Crippen LogP contribution in [0.2, 0.25) is 0 Å². The molecule has 4 heteroatoms. The Morgan fingerprint density at radius 3 is 2.67 bits per heavy atom. The first-order valence-corrected chi connectivity index (χ1v) is 7.48. The number of nitrogens with two attached hydrogens (primary N) is 1. The van der Waals surface area contributed by atoms with E-state index in [9.17, 15) is 4.79 Å². The molecule has 2 aromatic rings.